The summed E-state index contributed by atoms with van der Waals surface area (Å²) in [5, 5.41) is 0. The van der Waals surface area contributed by atoms with Gasteiger partial charge >= 0.3 is 0 Å². The van der Waals surface area contributed by atoms with E-state index in [1.807, 2.05) is 18.2 Å². The maximum Gasteiger partial charge on any atom is 0.103 e. The first-order valence-electron chi connectivity index (χ1n) is 10.6. The minimum atomic E-state index is -1.03. The van der Waals surface area contributed by atoms with Crippen molar-refractivity contribution in [3.8, 4) is 11.1 Å². The van der Waals surface area contributed by atoms with Gasteiger partial charge in [-0.15, -0.1) is 0 Å². The Morgan fingerprint density at radius 1 is 0.778 bits per heavy atom. The van der Waals surface area contributed by atoms with Gasteiger partial charge in [-0.25, -0.2) is 8.78 Å². The van der Waals surface area contributed by atoms with Gasteiger partial charge in [0.15, 0.2) is 0 Å². The van der Waals surface area contributed by atoms with Gasteiger partial charge in [0.2, 0.25) is 0 Å². The number of halogens is 2. The number of hydrogen-bond acceptors (Lipinski definition) is 0. The van der Waals surface area contributed by atoms with Crippen LogP contribution in [-0.4, -0.2) is 12.3 Å². The van der Waals surface area contributed by atoms with Crippen LogP contribution in [-0.2, 0) is 6.42 Å². The minimum Gasteiger partial charge on any atom is -0.247 e. The molecular weight excluding hydrogens is 338 g/mol. The molecule has 146 valence electrons. The van der Waals surface area contributed by atoms with Crippen molar-refractivity contribution in [3.05, 3.63) is 59.7 Å². The normalized spacial score (nSPS) is 22.7. The second kappa shape index (κ2) is 10.0. The molecule has 2 unspecified atom stereocenters. The van der Waals surface area contributed by atoms with Gasteiger partial charge in [0.25, 0.3) is 0 Å². The van der Waals surface area contributed by atoms with Crippen LogP contribution in [0.25, 0.3) is 11.1 Å². The molecule has 0 aliphatic heterocycles. The Bertz CT molecular complexity index is 682. The molecule has 1 aliphatic carbocycles. The summed E-state index contributed by atoms with van der Waals surface area (Å²) in [6.07, 6.45) is 6.49. The number of hydrogen-bond donors (Lipinski definition) is 0. The molecule has 0 saturated heterocycles. The highest BCUT2D eigenvalue weighted by Crippen LogP contribution is 2.40. The molecule has 2 aromatic carbocycles. The molecule has 2 heteroatoms. The van der Waals surface area contributed by atoms with Crippen molar-refractivity contribution >= 4 is 0 Å². The summed E-state index contributed by atoms with van der Waals surface area (Å²) < 4.78 is 27.8. The SMILES string of the molecule is CCCCCCCc1ccc(-c2ccccc2C2CC(F)CC(F)C2)cc1. The molecule has 0 nitrogen and oxygen atoms in total. The van der Waals surface area contributed by atoms with Crippen molar-refractivity contribution in [1.82, 2.24) is 0 Å². The lowest BCUT2D eigenvalue weighted by molar-refractivity contribution is 0.142. The smallest absolute Gasteiger partial charge is 0.103 e. The van der Waals surface area contributed by atoms with Gasteiger partial charge in [-0.2, -0.15) is 0 Å². The predicted molar refractivity (Wildman–Crippen MR) is 111 cm³/mol. The molecule has 0 aromatic heterocycles. The van der Waals surface area contributed by atoms with Crippen LogP contribution in [0.3, 0.4) is 0 Å². The monoisotopic (exact) mass is 370 g/mol. The number of alkyl halides is 2. The van der Waals surface area contributed by atoms with Crippen molar-refractivity contribution in [2.45, 2.75) is 83.0 Å². The minimum absolute atomic E-state index is 0.0295. The summed E-state index contributed by atoms with van der Waals surface area (Å²) in [5.74, 6) is -0.0295. The van der Waals surface area contributed by atoms with E-state index in [-0.39, 0.29) is 12.3 Å². The average molecular weight is 371 g/mol. The zero-order chi connectivity index (χ0) is 19.1. The molecular formula is C25H32F2. The Kier molecular flexibility index (Phi) is 7.43. The summed E-state index contributed by atoms with van der Waals surface area (Å²) in [6, 6.07) is 16.9. The van der Waals surface area contributed by atoms with Crippen LogP contribution in [0.2, 0.25) is 0 Å². The molecule has 0 radical (unpaired) electrons. The van der Waals surface area contributed by atoms with Gasteiger partial charge in [0.1, 0.15) is 12.3 Å². The molecule has 2 atom stereocenters. The lowest BCUT2D eigenvalue weighted by atomic mass is 9.79. The van der Waals surface area contributed by atoms with Crippen LogP contribution < -0.4 is 0 Å². The Labute approximate surface area is 163 Å². The third kappa shape index (κ3) is 5.64. The van der Waals surface area contributed by atoms with Crippen molar-refractivity contribution < 1.29 is 8.78 Å². The Balaban J connectivity index is 1.69. The second-order valence-corrected chi connectivity index (χ2v) is 8.05. The average Bonchev–Trinajstić information content (AvgIpc) is 2.68. The van der Waals surface area contributed by atoms with Gasteiger partial charge in [0.05, 0.1) is 0 Å². The fourth-order valence-electron chi connectivity index (χ4n) is 4.34. The Hall–Kier alpha value is -1.70. The fourth-order valence-corrected chi connectivity index (χ4v) is 4.34. The van der Waals surface area contributed by atoms with E-state index >= 15 is 0 Å². The first kappa shape index (κ1) is 20.0. The summed E-state index contributed by atoms with van der Waals surface area (Å²) >= 11 is 0. The van der Waals surface area contributed by atoms with Crippen LogP contribution in [0, 0.1) is 0 Å². The predicted octanol–water partition coefficient (Wildman–Crippen LogP) is 7.81. The number of aryl methyl sites for hydroxylation is 1. The van der Waals surface area contributed by atoms with E-state index in [9.17, 15) is 8.78 Å². The highest BCUT2D eigenvalue weighted by molar-refractivity contribution is 5.68. The highest BCUT2D eigenvalue weighted by atomic mass is 19.1. The number of benzene rings is 2. The first-order valence-corrected chi connectivity index (χ1v) is 10.6. The van der Waals surface area contributed by atoms with Gasteiger partial charge in [-0.1, -0.05) is 81.1 Å². The van der Waals surface area contributed by atoms with Crippen LogP contribution in [0.4, 0.5) is 8.78 Å². The zero-order valence-electron chi connectivity index (χ0n) is 16.5. The van der Waals surface area contributed by atoms with Crippen molar-refractivity contribution in [2.24, 2.45) is 0 Å². The summed E-state index contributed by atoms with van der Waals surface area (Å²) in [4.78, 5) is 0. The maximum absolute atomic E-state index is 13.9. The molecule has 0 amide bonds. The topological polar surface area (TPSA) is 0 Å². The molecule has 2 aromatic rings. The van der Waals surface area contributed by atoms with Crippen LogP contribution in [0.15, 0.2) is 48.5 Å². The second-order valence-electron chi connectivity index (χ2n) is 8.05. The molecule has 27 heavy (non-hydrogen) atoms. The van der Waals surface area contributed by atoms with E-state index in [0.29, 0.717) is 12.8 Å². The van der Waals surface area contributed by atoms with Gasteiger partial charge in [-0.3, -0.25) is 0 Å². The van der Waals surface area contributed by atoms with E-state index in [1.165, 1.54) is 37.7 Å². The molecule has 1 fully saturated rings. The zero-order valence-corrected chi connectivity index (χ0v) is 16.5. The Morgan fingerprint density at radius 3 is 2.15 bits per heavy atom. The molecule has 1 aliphatic rings. The standard InChI is InChI=1S/C25H32F2/c1-2-3-4-5-6-9-19-12-14-20(15-13-19)24-10-7-8-11-25(24)21-16-22(26)18-23(27)17-21/h7-8,10-15,21-23H,2-6,9,16-18H2,1H3. The van der Waals surface area contributed by atoms with Crippen molar-refractivity contribution in [2.75, 3.05) is 0 Å². The largest absolute Gasteiger partial charge is 0.247 e. The highest BCUT2D eigenvalue weighted by Gasteiger charge is 2.30. The quantitative estimate of drug-likeness (QED) is 0.416. The molecule has 0 bridgehead atoms. The van der Waals surface area contributed by atoms with Crippen LogP contribution in [0.1, 0.15) is 75.3 Å². The van der Waals surface area contributed by atoms with E-state index < -0.39 is 12.3 Å². The van der Waals surface area contributed by atoms with Gasteiger partial charge in [0, 0.05) is 6.42 Å². The third-order valence-electron chi connectivity index (χ3n) is 5.83. The first-order chi connectivity index (χ1) is 13.2. The summed E-state index contributed by atoms with van der Waals surface area (Å²) in [5.41, 5.74) is 4.74. The van der Waals surface area contributed by atoms with Crippen molar-refractivity contribution in [1.29, 1.82) is 0 Å². The third-order valence-corrected chi connectivity index (χ3v) is 5.83. The maximum atomic E-state index is 13.9. The molecule has 1 saturated carbocycles. The number of unbranched alkanes of at least 4 members (excludes halogenated alkanes) is 4. The van der Waals surface area contributed by atoms with E-state index in [4.69, 9.17) is 0 Å². The van der Waals surface area contributed by atoms with Crippen LogP contribution in [0.5, 0.6) is 0 Å². The lowest BCUT2D eigenvalue weighted by Crippen LogP contribution is -2.23. The number of rotatable bonds is 8. The lowest BCUT2D eigenvalue weighted by Gasteiger charge is -2.29. The molecule has 0 heterocycles. The van der Waals surface area contributed by atoms with Crippen LogP contribution >= 0.6 is 0 Å². The van der Waals surface area contributed by atoms with Gasteiger partial charge in [-0.05, 0) is 53.9 Å². The van der Waals surface area contributed by atoms with Crippen molar-refractivity contribution in [3.63, 3.8) is 0 Å². The van der Waals surface area contributed by atoms with E-state index in [0.717, 1.165) is 23.1 Å². The summed E-state index contributed by atoms with van der Waals surface area (Å²) in [7, 11) is 0. The van der Waals surface area contributed by atoms with Gasteiger partial charge < -0.3 is 0 Å². The molecule has 0 spiro atoms. The van der Waals surface area contributed by atoms with E-state index in [2.05, 4.69) is 37.3 Å². The molecule has 3 rings (SSSR count). The van der Waals surface area contributed by atoms with E-state index in [1.54, 1.807) is 0 Å². The fraction of sp³-hybridized carbons (Fsp3) is 0.520. The molecule has 0 N–H and O–H groups in total. The summed E-state index contributed by atoms with van der Waals surface area (Å²) in [6.45, 7) is 2.24. The Morgan fingerprint density at radius 2 is 1.44 bits per heavy atom.